The summed E-state index contributed by atoms with van der Waals surface area (Å²) in [5, 5.41) is 10.8. The lowest BCUT2D eigenvalue weighted by Gasteiger charge is -2.55. The van der Waals surface area contributed by atoms with E-state index in [-0.39, 0.29) is 23.1 Å². The largest absolute Gasteiger partial charge is 0.373 e. The molecule has 24 heavy (non-hydrogen) atoms. The van der Waals surface area contributed by atoms with Gasteiger partial charge in [-0.15, -0.1) is 0 Å². The van der Waals surface area contributed by atoms with Gasteiger partial charge in [0, 0.05) is 24.9 Å². The van der Waals surface area contributed by atoms with Crippen LogP contribution >= 0.6 is 0 Å². The van der Waals surface area contributed by atoms with E-state index in [0.717, 1.165) is 25.8 Å². The molecule has 0 radical (unpaired) electrons. The smallest absolute Gasteiger partial charge is 0.247 e. The summed E-state index contributed by atoms with van der Waals surface area (Å²) in [7, 11) is 0. The fourth-order valence-electron chi connectivity index (χ4n) is 4.99. The van der Waals surface area contributed by atoms with Gasteiger partial charge in [-0.25, -0.2) is 0 Å². The van der Waals surface area contributed by atoms with Crippen molar-refractivity contribution in [2.24, 2.45) is 5.41 Å². The first-order valence-electron chi connectivity index (χ1n) is 8.95. The minimum Gasteiger partial charge on any atom is -0.373 e. The fraction of sp³-hybridized carbons (Fsp3) is 0.579. The van der Waals surface area contributed by atoms with Gasteiger partial charge in [0.1, 0.15) is 6.23 Å². The molecule has 0 saturated carbocycles. The Hall–Kier alpha value is -1.72. The number of ketones is 1. The highest BCUT2D eigenvalue weighted by atomic mass is 16.3. The van der Waals surface area contributed by atoms with Crippen molar-refractivity contribution < 1.29 is 14.7 Å². The summed E-state index contributed by atoms with van der Waals surface area (Å²) >= 11 is 0. The van der Waals surface area contributed by atoms with Crippen LogP contribution in [0.5, 0.6) is 0 Å². The van der Waals surface area contributed by atoms with Gasteiger partial charge in [0.2, 0.25) is 5.91 Å². The number of amides is 1. The molecule has 2 saturated heterocycles. The summed E-state index contributed by atoms with van der Waals surface area (Å²) < 4.78 is 0. The Morgan fingerprint density at radius 3 is 2.83 bits per heavy atom. The summed E-state index contributed by atoms with van der Waals surface area (Å²) in [6.45, 7) is 3.59. The van der Waals surface area contributed by atoms with Crippen molar-refractivity contribution in [1.82, 2.24) is 4.90 Å². The maximum atomic E-state index is 13.4. The number of fused-ring (bicyclic) bond motifs is 3. The Kier molecular flexibility index (Phi) is 3.73. The first-order chi connectivity index (χ1) is 11.6. The van der Waals surface area contributed by atoms with Gasteiger partial charge in [-0.05, 0) is 43.4 Å². The van der Waals surface area contributed by atoms with Gasteiger partial charge in [-0.1, -0.05) is 19.1 Å². The van der Waals surface area contributed by atoms with E-state index < -0.39 is 6.23 Å². The monoisotopic (exact) mass is 328 g/mol. The summed E-state index contributed by atoms with van der Waals surface area (Å²) in [5.74, 6) is 0.00303. The number of anilines is 1. The van der Waals surface area contributed by atoms with Gasteiger partial charge in [0.05, 0.1) is 11.7 Å². The zero-order valence-electron chi connectivity index (χ0n) is 14.1. The normalized spacial score (nSPS) is 33.5. The lowest BCUT2D eigenvalue weighted by Crippen LogP contribution is -2.67. The Morgan fingerprint density at radius 1 is 1.25 bits per heavy atom. The maximum absolute atomic E-state index is 13.4. The average molecular weight is 328 g/mol. The number of rotatable bonds is 1. The number of piperidine rings is 2. The third-order valence-electron chi connectivity index (χ3n) is 6.22. The van der Waals surface area contributed by atoms with E-state index in [2.05, 4.69) is 11.8 Å². The molecule has 0 spiro atoms. The van der Waals surface area contributed by atoms with Crippen LogP contribution in [0.25, 0.3) is 0 Å². The van der Waals surface area contributed by atoms with Crippen molar-refractivity contribution in [2.45, 2.75) is 51.3 Å². The van der Waals surface area contributed by atoms with Crippen molar-refractivity contribution in [3.63, 3.8) is 0 Å². The van der Waals surface area contributed by atoms with E-state index in [1.54, 1.807) is 12.1 Å². The van der Waals surface area contributed by atoms with Crippen LogP contribution in [0, 0.1) is 5.41 Å². The number of hydrogen-bond donors (Lipinski definition) is 1. The molecular weight excluding hydrogens is 304 g/mol. The second-order valence-corrected chi connectivity index (χ2v) is 7.34. The number of aliphatic hydroxyl groups excluding tert-OH is 1. The van der Waals surface area contributed by atoms with Crippen LogP contribution in [-0.4, -0.2) is 47.1 Å². The summed E-state index contributed by atoms with van der Waals surface area (Å²) in [6.07, 6.45) is 3.01. The molecule has 128 valence electrons. The Bertz CT molecular complexity index is 689. The Morgan fingerprint density at radius 2 is 2.04 bits per heavy atom. The van der Waals surface area contributed by atoms with E-state index >= 15 is 0 Å². The standard InChI is InChI=1S/C19H24N2O3/c1-2-19-9-5-10-20-11-8-15(22)13-6-3-4-7-14(13)21(16(23)12-19)18(24)17(19)20/h3-4,6-7,16-17,23H,2,5,8-12H2,1H3/t16-,17-,19+/m1/s1. The van der Waals surface area contributed by atoms with Crippen LogP contribution in [0.1, 0.15) is 49.4 Å². The quantitative estimate of drug-likeness (QED) is 0.858. The molecule has 1 amide bonds. The molecule has 1 aromatic rings. The summed E-state index contributed by atoms with van der Waals surface area (Å²) in [4.78, 5) is 29.8. The van der Waals surface area contributed by atoms with E-state index in [1.807, 2.05) is 12.1 Å². The number of benzene rings is 1. The van der Waals surface area contributed by atoms with Crippen molar-refractivity contribution in [3.05, 3.63) is 29.8 Å². The van der Waals surface area contributed by atoms with Gasteiger partial charge in [-0.3, -0.25) is 19.4 Å². The minimum atomic E-state index is -0.860. The molecule has 3 aliphatic rings. The summed E-state index contributed by atoms with van der Waals surface area (Å²) in [5.41, 5.74) is 0.944. The molecule has 5 nitrogen and oxygen atoms in total. The SMILES string of the molecule is CC[C@@]12CCCN3CCC(=O)c4ccccc4N(C(=O)[C@@H]31)[C@H](O)C2. The van der Waals surface area contributed by atoms with Crippen LogP contribution in [0.15, 0.2) is 24.3 Å². The van der Waals surface area contributed by atoms with E-state index in [4.69, 9.17) is 0 Å². The van der Waals surface area contributed by atoms with Crippen LogP contribution in [-0.2, 0) is 4.79 Å². The predicted octanol–water partition coefficient (Wildman–Crippen LogP) is 2.19. The molecule has 0 aliphatic carbocycles. The highest BCUT2D eigenvalue weighted by Gasteiger charge is 2.55. The molecule has 2 bridgehead atoms. The fourth-order valence-corrected chi connectivity index (χ4v) is 4.99. The predicted molar refractivity (Wildman–Crippen MR) is 90.8 cm³/mol. The highest BCUT2D eigenvalue weighted by Crippen LogP contribution is 2.48. The molecule has 1 N–H and O–H groups in total. The molecule has 0 unspecified atom stereocenters. The van der Waals surface area contributed by atoms with Crippen molar-refractivity contribution >= 4 is 17.4 Å². The summed E-state index contributed by atoms with van der Waals surface area (Å²) in [6, 6.07) is 6.97. The van der Waals surface area contributed by atoms with E-state index in [0.29, 0.717) is 30.6 Å². The van der Waals surface area contributed by atoms with E-state index in [1.165, 1.54) is 4.90 Å². The number of hydrogen-bond acceptors (Lipinski definition) is 4. The molecule has 3 heterocycles. The van der Waals surface area contributed by atoms with Crippen LogP contribution in [0.4, 0.5) is 5.69 Å². The number of Topliss-reactive ketones (excluding diaryl/α,β-unsaturated/α-hetero) is 1. The molecule has 3 atom stereocenters. The van der Waals surface area contributed by atoms with Gasteiger partial charge in [-0.2, -0.15) is 0 Å². The third-order valence-corrected chi connectivity index (χ3v) is 6.22. The van der Waals surface area contributed by atoms with Crippen molar-refractivity contribution in [2.75, 3.05) is 18.0 Å². The average Bonchev–Trinajstić information content (AvgIpc) is 2.62. The second-order valence-electron chi connectivity index (χ2n) is 7.34. The van der Waals surface area contributed by atoms with Gasteiger partial charge < -0.3 is 5.11 Å². The minimum absolute atomic E-state index is 0.0440. The van der Waals surface area contributed by atoms with Gasteiger partial charge in [0.25, 0.3) is 0 Å². The number of nitrogens with zero attached hydrogens (tertiary/aromatic N) is 2. The number of para-hydroxylation sites is 1. The molecular formula is C19H24N2O3. The Labute approximate surface area is 142 Å². The zero-order chi connectivity index (χ0) is 16.9. The van der Waals surface area contributed by atoms with Gasteiger partial charge >= 0.3 is 0 Å². The highest BCUT2D eigenvalue weighted by molar-refractivity contribution is 6.08. The zero-order valence-corrected chi connectivity index (χ0v) is 14.1. The lowest BCUT2D eigenvalue weighted by atomic mass is 9.65. The number of aliphatic hydroxyl groups is 1. The second kappa shape index (κ2) is 5.67. The molecule has 1 aromatic carbocycles. The van der Waals surface area contributed by atoms with Crippen molar-refractivity contribution in [1.29, 1.82) is 0 Å². The van der Waals surface area contributed by atoms with Crippen LogP contribution in [0.3, 0.4) is 0 Å². The molecule has 5 heteroatoms. The van der Waals surface area contributed by atoms with Gasteiger partial charge in [0.15, 0.2) is 5.78 Å². The van der Waals surface area contributed by atoms with Crippen molar-refractivity contribution in [3.8, 4) is 0 Å². The third kappa shape index (κ3) is 2.15. The lowest BCUT2D eigenvalue weighted by molar-refractivity contribution is -0.143. The Balaban J connectivity index is 1.89. The maximum Gasteiger partial charge on any atom is 0.247 e. The number of carbonyl (C=O) groups is 2. The van der Waals surface area contributed by atoms with E-state index in [9.17, 15) is 14.7 Å². The van der Waals surface area contributed by atoms with Crippen LogP contribution < -0.4 is 4.90 Å². The topological polar surface area (TPSA) is 60.9 Å². The molecule has 2 fully saturated rings. The first-order valence-corrected chi connectivity index (χ1v) is 8.95. The molecule has 4 rings (SSSR count). The molecule has 3 aliphatic heterocycles. The number of carbonyl (C=O) groups excluding carboxylic acids is 2. The first kappa shape index (κ1) is 15.8. The molecule has 0 aromatic heterocycles. The van der Waals surface area contributed by atoms with Crippen LogP contribution in [0.2, 0.25) is 0 Å².